The molecule has 120 valence electrons. The van der Waals surface area contributed by atoms with Gasteiger partial charge < -0.3 is 15.0 Å². The SMILES string of the molecule is CCOCCn1cnc2c(N)nc(SCc3ccccc3)nc21. The first-order valence-corrected chi connectivity index (χ1v) is 8.49. The van der Waals surface area contributed by atoms with Crippen LogP contribution in [0.4, 0.5) is 5.82 Å². The maximum absolute atomic E-state index is 6.02. The quantitative estimate of drug-likeness (QED) is 0.408. The lowest BCUT2D eigenvalue weighted by molar-refractivity contribution is 0.139. The lowest BCUT2D eigenvalue weighted by atomic mass is 10.2. The highest BCUT2D eigenvalue weighted by molar-refractivity contribution is 7.98. The Hall–Kier alpha value is -2.12. The molecule has 2 heterocycles. The number of thioether (sulfide) groups is 1. The van der Waals surface area contributed by atoms with Gasteiger partial charge in [0.1, 0.15) is 5.52 Å². The van der Waals surface area contributed by atoms with E-state index in [1.807, 2.05) is 29.7 Å². The summed E-state index contributed by atoms with van der Waals surface area (Å²) in [6.45, 7) is 3.99. The molecule has 1 aromatic carbocycles. The van der Waals surface area contributed by atoms with E-state index < -0.39 is 0 Å². The van der Waals surface area contributed by atoms with Crippen LogP contribution >= 0.6 is 11.8 Å². The van der Waals surface area contributed by atoms with Gasteiger partial charge in [0.05, 0.1) is 12.9 Å². The average molecular weight is 329 g/mol. The number of nitrogens with zero attached hydrogens (tertiary/aromatic N) is 4. The van der Waals surface area contributed by atoms with Crippen molar-refractivity contribution in [2.45, 2.75) is 24.4 Å². The van der Waals surface area contributed by atoms with E-state index in [2.05, 4.69) is 27.1 Å². The van der Waals surface area contributed by atoms with Crippen LogP contribution in [-0.2, 0) is 17.0 Å². The Balaban J connectivity index is 1.79. The number of nitrogens with two attached hydrogens (primary N) is 1. The molecule has 0 saturated heterocycles. The fourth-order valence-electron chi connectivity index (χ4n) is 2.20. The highest BCUT2D eigenvalue weighted by Gasteiger charge is 2.11. The number of ether oxygens (including phenoxy) is 1. The van der Waals surface area contributed by atoms with Crippen LogP contribution in [0.15, 0.2) is 41.8 Å². The Kier molecular flexibility index (Phi) is 5.09. The molecule has 0 unspecified atom stereocenters. The highest BCUT2D eigenvalue weighted by Crippen LogP contribution is 2.24. The van der Waals surface area contributed by atoms with Crippen molar-refractivity contribution < 1.29 is 4.74 Å². The van der Waals surface area contributed by atoms with Gasteiger partial charge >= 0.3 is 0 Å². The average Bonchev–Trinajstić information content (AvgIpc) is 2.98. The van der Waals surface area contributed by atoms with Crippen LogP contribution in [0.1, 0.15) is 12.5 Å². The van der Waals surface area contributed by atoms with Gasteiger partial charge in [-0.25, -0.2) is 15.0 Å². The van der Waals surface area contributed by atoms with Gasteiger partial charge in [-0.2, -0.15) is 0 Å². The molecule has 2 N–H and O–H groups in total. The predicted molar refractivity (Wildman–Crippen MR) is 92.2 cm³/mol. The molecule has 0 bridgehead atoms. The summed E-state index contributed by atoms with van der Waals surface area (Å²) in [6, 6.07) is 10.2. The number of rotatable bonds is 7. The second-order valence-electron chi connectivity index (χ2n) is 4.97. The summed E-state index contributed by atoms with van der Waals surface area (Å²) in [4.78, 5) is 13.3. The van der Waals surface area contributed by atoms with E-state index in [1.165, 1.54) is 5.56 Å². The van der Waals surface area contributed by atoms with E-state index >= 15 is 0 Å². The first-order chi connectivity index (χ1) is 11.3. The van der Waals surface area contributed by atoms with Gasteiger partial charge in [0.15, 0.2) is 16.6 Å². The maximum Gasteiger partial charge on any atom is 0.191 e. The number of anilines is 1. The number of hydrogen-bond acceptors (Lipinski definition) is 6. The fraction of sp³-hybridized carbons (Fsp3) is 0.312. The first kappa shape index (κ1) is 15.8. The van der Waals surface area contributed by atoms with Crippen molar-refractivity contribution in [2.24, 2.45) is 0 Å². The monoisotopic (exact) mass is 329 g/mol. The Morgan fingerprint density at radius 1 is 1.22 bits per heavy atom. The van der Waals surface area contributed by atoms with E-state index in [9.17, 15) is 0 Å². The first-order valence-electron chi connectivity index (χ1n) is 7.50. The molecule has 3 aromatic rings. The normalized spacial score (nSPS) is 11.2. The van der Waals surface area contributed by atoms with Gasteiger partial charge in [0, 0.05) is 18.9 Å². The molecule has 0 spiro atoms. The molecule has 0 atom stereocenters. The smallest absolute Gasteiger partial charge is 0.191 e. The summed E-state index contributed by atoms with van der Waals surface area (Å²) in [5.41, 5.74) is 8.65. The van der Waals surface area contributed by atoms with E-state index in [0.29, 0.717) is 36.2 Å². The zero-order valence-corrected chi connectivity index (χ0v) is 13.8. The van der Waals surface area contributed by atoms with Crippen molar-refractivity contribution in [2.75, 3.05) is 18.9 Å². The number of fused-ring (bicyclic) bond motifs is 1. The van der Waals surface area contributed by atoms with E-state index in [-0.39, 0.29) is 0 Å². The van der Waals surface area contributed by atoms with Gasteiger partial charge in [0.2, 0.25) is 0 Å². The second-order valence-corrected chi connectivity index (χ2v) is 5.92. The molecule has 0 aliphatic rings. The van der Waals surface area contributed by atoms with Crippen molar-refractivity contribution in [3.05, 3.63) is 42.2 Å². The molecule has 3 rings (SSSR count). The topological polar surface area (TPSA) is 78.9 Å². The lowest BCUT2D eigenvalue weighted by Gasteiger charge is -2.06. The zero-order valence-electron chi connectivity index (χ0n) is 13.0. The van der Waals surface area contributed by atoms with Crippen molar-refractivity contribution in [1.29, 1.82) is 0 Å². The molecule has 0 aliphatic heterocycles. The Labute approximate surface area is 139 Å². The Bertz CT molecular complexity index is 775. The van der Waals surface area contributed by atoms with Gasteiger partial charge in [0.25, 0.3) is 0 Å². The van der Waals surface area contributed by atoms with Crippen molar-refractivity contribution >= 4 is 28.7 Å². The van der Waals surface area contributed by atoms with Crippen LogP contribution in [0.5, 0.6) is 0 Å². The van der Waals surface area contributed by atoms with E-state index in [0.717, 1.165) is 11.4 Å². The number of benzene rings is 1. The predicted octanol–water partition coefficient (Wildman–Crippen LogP) is 2.74. The molecule has 7 heteroatoms. The number of nitrogen functional groups attached to an aromatic ring is 1. The molecular weight excluding hydrogens is 310 g/mol. The molecule has 0 fully saturated rings. The minimum Gasteiger partial charge on any atom is -0.382 e. The minimum atomic E-state index is 0.417. The summed E-state index contributed by atoms with van der Waals surface area (Å²) in [5.74, 6) is 1.22. The van der Waals surface area contributed by atoms with E-state index in [1.54, 1.807) is 18.1 Å². The molecule has 0 saturated carbocycles. The van der Waals surface area contributed by atoms with Crippen molar-refractivity contribution in [1.82, 2.24) is 19.5 Å². The van der Waals surface area contributed by atoms with Gasteiger partial charge in [-0.15, -0.1) is 0 Å². The van der Waals surface area contributed by atoms with Crippen LogP contribution in [0.2, 0.25) is 0 Å². The third-order valence-electron chi connectivity index (χ3n) is 3.36. The van der Waals surface area contributed by atoms with Crippen LogP contribution in [0.3, 0.4) is 0 Å². The third-order valence-corrected chi connectivity index (χ3v) is 4.28. The van der Waals surface area contributed by atoms with Crippen LogP contribution < -0.4 is 5.73 Å². The molecule has 23 heavy (non-hydrogen) atoms. The van der Waals surface area contributed by atoms with Crippen LogP contribution in [-0.4, -0.2) is 32.7 Å². The summed E-state index contributed by atoms with van der Waals surface area (Å²) in [7, 11) is 0. The molecule has 0 amide bonds. The standard InChI is InChI=1S/C16H19N5OS/c1-2-22-9-8-21-11-18-13-14(17)19-16(20-15(13)21)23-10-12-6-4-3-5-7-12/h3-7,11H,2,8-10H2,1H3,(H2,17,19,20). The van der Waals surface area contributed by atoms with Crippen LogP contribution in [0, 0.1) is 0 Å². The third kappa shape index (κ3) is 3.80. The molecule has 6 nitrogen and oxygen atoms in total. The van der Waals surface area contributed by atoms with Crippen molar-refractivity contribution in [3.63, 3.8) is 0 Å². The highest BCUT2D eigenvalue weighted by atomic mass is 32.2. The molecule has 2 aromatic heterocycles. The Morgan fingerprint density at radius 3 is 2.83 bits per heavy atom. The molecule has 0 radical (unpaired) electrons. The summed E-state index contributed by atoms with van der Waals surface area (Å²) >= 11 is 1.57. The van der Waals surface area contributed by atoms with Gasteiger partial charge in [-0.05, 0) is 12.5 Å². The lowest BCUT2D eigenvalue weighted by Crippen LogP contribution is -2.06. The number of aromatic nitrogens is 4. The van der Waals surface area contributed by atoms with Gasteiger partial charge in [-0.1, -0.05) is 42.1 Å². The van der Waals surface area contributed by atoms with Crippen molar-refractivity contribution in [3.8, 4) is 0 Å². The molecule has 0 aliphatic carbocycles. The largest absolute Gasteiger partial charge is 0.382 e. The Morgan fingerprint density at radius 2 is 2.04 bits per heavy atom. The second kappa shape index (κ2) is 7.43. The minimum absolute atomic E-state index is 0.417. The van der Waals surface area contributed by atoms with Gasteiger partial charge in [-0.3, -0.25) is 0 Å². The fourth-order valence-corrected chi connectivity index (χ4v) is 3.00. The number of hydrogen-bond donors (Lipinski definition) is 1. The maximum atomic E-state index is 6.02. The summed E-state index contributed by atoms with van der Waals surface area (Å²) < 4.78 is 7.35. The molecular formula is C16H19N5OS. The summed E-state index contributed by atoms with van der Waals surface area (Å²) in [6.07, 6.45) is 1.74. The van der Waals surface area contributed by atoms with Crippen LogP contribution in [0.25, 0.3) is 11.2 Å². The van der Waals surface area contributed by atoms with E-state index in [4.69, 9.17) is 10.5 Å². The summed E-state index contributed by atoms with van der Waals surface area (Å²) in [5, 5.41) is 0.664. The number of imidazole rings is 1. The zero-order chi connectivity index (χ0) is 16.1.